The van der Waals surface area contributed by atoms with Gasteiger partial charge in [0, 0.05) is 18.6 Å². The third kappa shape index (κ3) is 2.96. The van der Waals surface area contributed by atoms with Gasteiger partial charge in [0.25, 0.3) is 0 Å². The lowest BCUT2D eigenvalue weighted by Crippen LogP contribution is -2.34. The van der Waals surface area contributed by atoms with Crippen LogP contribution >= 0.6 is 11.6 Å². The maximum atomic E-state index is 5.94. The third-order valence-corrected chi connectivity index (χ3v) is 4.02. The lowest BCUT2D eigenvalue weighted by Gasteiger charge is -2.21. The van der Waals surface area contributed by atoms with Crippen LogP contribution in [0, 0.1) is 0 Å². The lowest BCUT2D eigenvalue weighted by atomic mass is 10.1. The number of aromatic nitrogens is 3. The second-order valence-electron chi connectivity index (χ2n) is 5.66. The van der Waals surface area contributed by atoms with Crippen molar-refractivity contribution in [2.24, 2.45) is 0 Å². The van der Waals surface area contributed by atoms with Crippen LogP contribution < -0.4 is 10.1 Å². The molecule has 2 fully saturated rings. The number of nitrogens with one attached hydrogen (secondary N) is 1. The highest BCUT2D eigenvalue weighted by atomic mass is 35.5. The van der Waals surface area contributed by atoms with Gasteiger partial charge < -0.3 is 10.1 Å². The molecule has 2 saturated heterocycles. The maximum absolute atomic E-state index is 5.94. The molecule has 1 aromatic rings. The fraction of sp³-hybridized carbons (Fsp3) is 0.769. The van der Waals surface area contributed by atoms with Crippen LogP contribution in [0.1, 0.15) is 33.1 Å². The van der Waals surface area contributed by atoms with E-state index in [0.717, 1.165) is 13.0 Å². The van der Waals surface area contributed by atoms with E-state index in [-0.39, 0.29) is 17.4 Å². The van der Waals surface area contributed by atoms with E-state index in [1.54, 1.807) is 0 Å². The van der Waals surface area contributed by atoms with Gasteiger partial charge in [0.1, 0.15) is 0 Å². The van der Waals surface area contributed by atoms with Gasteiger partial charge in [-0.3, -0.25) is 4.90 Å². The number of ether oxygens (including phenoxy) is 1. The molecule has 110 valence electrons. The van der Waals surface area contributed by atoms with E-state index in [2.05, 4.69) is 25.2 Å². The van der Waals surface area contributed by atoms with Crippen molar-refractivity contribution in [2.45, 2.75) is 51.3 Å². The Kier molecular flexibility index (Phi) is 3.94. The standard InChI is InChI=1S/C13H20ClN5O/c1-8(2)20-13-17-11(14)16-12(18-13)15-9-5-7-19-6-3-4-10(9)19/h8-10H,3-7H2,1-2H3,(H,15,16,17,18). The van der Waals surface area contributed by atoms with Gasteiger partial charge in [-0.1, -0.05) is 0 Å². The molecule has 0 amide bonds. The first-order valence-corrected chi connectivity index (χ1v) is 7.58. The van der Waals surface area contributed by atoms with E-state index in [4.69, 9.17) is 16.3 Å². The largest absolute Gasteiger partial charge is 0.461 e. The van der Waals surface area contributed by atoms with Crippen LogP contribution in [-0.2, 0) is 0 Å². The Bertz CT molecular complexity index is 484. The Hall–Kier alpha value is -1.14. The molecule has 0 radical (unpaired) electrons. The highest BCUT2D eigenvalue weighted by molar-refractivity contribution is 6.28. The Labute approximate surface area is 123 Å². The number of hydrogen-bond donors (Lipinski definition) is 1. The molecule has 6 nitrogen and oxygen atoms in total. The average Bonchev–Trinajstić information content (AvgIpc) is 2.92. The van der Waals surface area contributed by atoms with E-state index in [1.807, 2.05) is 13.8 Å². The van der Waals surface area contributed by atoms with E-state index in [0.29, 0.717) is 18.0 Å². The summed E-state index contributed by atoms with van der Waals surface area (Å²) in [5.41, 5.74) is 0. The van der Waals surface area contributed by atoms with Gasteiger partial charge in [-0.05, 0) is 51.3 Å². The van der Waals surface area contributed by atoms with Crippen molar-refractivity contribution in [3.05, 3.63) is 5.28 Å². The molecule has 0 spiro atoms. The summed E-state index contributed by atoms with van der Waals surface area (Å²) >= 11 is 5.94. The Balaban J connectivity index is 1.72. The van der Waals surface area contributed by atoms with Gasteiger partial charge in [0.2, 0.25) is 11.2 Å². The van der Waals surface area contributed by atoms with Gasteiger partial charge in [-0.2, -0.15) is 15.0 Å². The first kappa shape index (κ1) is 13.8. The fourth-order valence-electron chi connectivity index (χ4n) is 3.08. The highest BCUT2D eigenvalue weighted by Crippen LogP contribution is 2.29. The minimum Gasteiger partial charge on any atom is -0.461 e. The lowest BCUT2D eigenvalue weighted by molar-refractivity contribution is 0.221. The molecule has 2 aliphatic heterocycles. The summed E-state index contributed by atoms with van der Waals surface area (Å²) in [7, 11) is 0. The Morgan fingerprint density at radius 1 is 1.25 bits per heavy atom. The Morgan fingerprint density at radius 3 is 2.90 bits per heavy atom. The van der Waals surface area contributed by atoms with E-state index in [9.17, 15) is 0 Å². The summed E-state index contributed by atoms with van der Waals surface area (Å²) in [6, 6.07) is 1.27. The minimum absolute atomic E-state index is 0.0121. The van der Waals surface area contributed by atoms with Crippen LogP contribution in [0.5, 0.6) is 6.01 Å². The van der Waals surface area contributed by atoms with Gasteiger partial charge >= 0.3 is 6.01 Å². The number of anilines is 1. The molecule has 20 heavy (non-hydrogen) atoms. The summed E-state index contributed by atoms with van der Waals surface area (Å²) < 4.78 is 5.49. The maximum Gasteiger partial charge on any atom is 0.322 e. The van der Waals surface area contributed by atoms with Crippen LogP contribution in [0.4, 0.5) is 5.95 Å². The van der Waals surface area contributed by atoms with Crippen LogP contribution in [0.2, 0.25) is 5.28 Å². The van der Waals surface area contributed by atoms with Crippen molar-refractivity contribution in [1.82, 2.24) is 19.9 Å². The number of hydrogen-bond acceptors (Lipinski definition) is 6. The molecule has 2 aliphatic rings. The quantitative estimate of drug-likeness (QED) is 0.916. The fourth-order valence-corrected chi connectivity index (χ4v) is 3.23. The SMILES string of the molecule is CC(C)Oc1nc(Cl)nc(NC2CCN3CCCC23)n1. The van der Waals surface area contributed by atoms with Crippen LogP contribution in [0.15, 0.2) is 0 Å². The van der Waals surface area contributed by atoms with Gasteiger partial charge in [0.05, 0.1) is 6.10 Å². The van der Waals surface area contributed by atoms with Gasteiger partial charge in [-0.25, -0.2) is 0 Å². The zero-order valence-corrected chi connectivity index (χ0v) is 12.6. The van der Waals surface area contributed by atoms with Crippen molar-refractivity contribution in [2.75, 3.05) is 18.4 Å². The molecule has 1 N–H and O–H groups in total. The van der Waals surface area contributed by atoms with Crippen molar-refractivity contribution in [1.29, 1.82) is 0 Å². The predicted octanol–water partition coefficient (Wildman–Crippen LogP) is 1.96. The van der Waals surface area contributed by atoms with E-state index >= 15 is 0 Å². The summed E-state index contributed by atoms with van der Waals surface area (Å²) in [4.78, 5) is 15.0. The first-order chi connectivity index (χ1) is 9.61. The second-order valence-corrected chi connectivity index (χ2v) is 6.00. The predicted molar refractivity (Wildman–Crippen MR) is 77.2 cm³/mol. The highest BCUT2D eigenvalue weighted by Gasteiger charge is 2.37. The average molecular weight is 298 g/mol. The van der Waals surface area contributed by atoms with Crippen molar-refractivity contribution < 1.29 is 4.74 Å². The van der Waals surface area contributed by atoms with Crippen molar-refractivity contribution in [3.8, 4) is 6.01 Å². The molecule has 3 rings (SSSR count). The molecule has 7 heteroatoms. The van der Waals surface area contributed by atoms with Crippen LogP contribution in [-0.4, -0.2) is 51.1 Å². The van der Waals surface area contributed by atoms with Crippen LogP contribution in [0.25, 0.3) is 0 Å². The topological polar surface area (TPSA) is 63.2 Å². The summed E-state index contributed by atoms with van der Waals surface area (Å²) in [5, 5.41) is 3.56. The zero-order valence-electron chi connectivity index (χ0n) is 11.8. The van der Waals surface area contributed by atoms with Crippen molar-refractivity contribution >= 4 is 17.5 Å². The number of fused-ring (bicyclic) bond motifs is 1. The molecule has 2 unspecified atom stereocenters. The number of rotatable bonds is 4. The van der Waals surface area contributed by atoms with E-state index in [1.165, 1.54) is 19.4 Å². The molecular formula is C13H20ClN5O. The molecule has 0 saturated carbocycles. The molecule has 1 aromatic heterocycles. The summed E-state index contributed by atoms with van der Waals surface area (Å²) in [5.74, 6) is 0.513. The monoisotopic (exact) mass is 297 g/mol. The molecular weight excluding hydrogens is 278 g/mol. The molecule has 2 atom stereocenters. The number of halogens is 1. The third-order valence-electron chi connectivity index (χ3n) is 3.85. The molecule has 0 bridgehead atoms. The molecule has 3 heterocycles. The van der Waals surface area contributed by atoms with Gasteiger partial charge in [0.15, 0.2) is 0 Å². The van der Waals surface area contributed by atoms with E-state index < -0.39 is 0 Å². The minimum atomic E-state index is 0.0121. The van der Waals surface area contributed by atoms with Crippen molar-refractivity contribution in [3.63, 3.8) is 0 Å². The summed E-state index contributed by atoms with van der Waals surface area (Å²) in [6.45, 7) is 6.22. The summed E-state index contributed by atoms with van der Waals surface area (Å²) in [6.07, 6.45) is 3.65. The zero-order chi connectivity index (χ0) is 14.1. The molecule has 0 aromatic carbocycles. The second kappa shape index (κ2) is 5.69. The van der Waals surface area contributed by atoms with Crippen LogP contribution in [0.3, 0.4) is 0 Å². The van der Waals surface area contributed by atoms with Gasteiger partial charge in [-0.15, -0.1) is 0 Å². The Morgan fingerprint density at radius 2 is 2.10 bits per heavy atom. The molecule has 0 aliphatic carbocycles. The first-order valence-electron chi connectivity index (χ1n) is 7.20. The number of nitrogens with zero attached hydrogens (tertiary/aromatic N) is 4. The smallest absolute Gasteiger partial charge is 0.322 e. The normalized spacial score (nSPS) is 26.0.